The SMILES string of the molecule is Cc1ccc(OCCN(C)C(=O)C(C)N)cc1.Cl. The Balaban J connectivity index is 0.00000289. The summed E-state index contributed by atoms with van der Waals surface area (Å²) in [6.45, 7) is 4.71. The third-order valence-corrected chi connectivity index (χ3v) is 2.48. The fraction of sp³-hybridized carbons (Fsp3) is 0.462. The van der Waals surface area contributed by atoms with Gasteiger partial charge in [-0.3, -0.25) is 4.79 Å². The Morgan fingerprint density at radius 3 is 2.44 bits per heavy atom. The van der Waals surface area contributed by atoms with Crippen LogP contribution >= 0.6 is 12.4 Å². The van der Waals surface area contributed by atoms with Crippen LogP contribution in [0.5, 0.6) is 5.75 Å². The number of aryl methyl sites for hydroxylation is 1. The standard InChI is InChI=1S/C13H20N2O2.ClH/c1-10-4-6-12(7-5-10)17-9-8-15(3)13(16)11(2)14;/h4-7,11H,8-9,14H2,1-3H3;1H. The van der Waals surface area contributed by atoms with Gasteiger partial charge in [-0.2, -0.15) is 0 Å². The summed E-state index contributed by atoms with van der Waals surface area (Å²) in [6, 6.07) is 7.36. The van der Waals surface area contributed by atoms with Crippen LogP contribution in [-0.4, -0.2) is 37.0 Å². The number of benzene rings is 1. The first-order valence-corrected chi connectivity index (χ1v) is 5.70. The monoisotopic (exact) mass is 272 g/mol. The molecule has 0 aromatic heterocycles. The minimum Gasteiger partial charge on any atom is -0.492 e. The third-order valence-electron chi connectivity index (χ3n) is 2.48. The van der Waals surface area contributed by atoms with Crippen molar-refractivity contribution in [3.63, 3.8) is 0 Å². The molecule has 4 nitrogen and oxygen atoms in total. The average molecular weight is 273 g/mol. The number of hydrogen-bond donors (Lipinski definition) is 1. The van der Waals surface area contributed by atoms with Crippen molar-refractivity contribution in [2.45, 2.75) is 19.9 Å². The van der Waals surface area contributed by atoms with E-state index in [-0.39, 0.29) is 18.3 Å². The molecule has 0 heterocycles. The number of nitrogens with two attached hydrogens (primary N) is 1. The summed E-state index contributed by atoms with van der Waals surface area (Å²) in [5.41, 5.74) is 6.70. The van der Waals surface area contributed by atoms with Gasteiger partial charge >= 0.3 is 0 Å². The smallest absolute Gasteiger partial charge is 0.239 e. The van der Waals surface area contributed by atoms with Crippen molar-refractivity contribution < 1.29 is 9.53 Å². The van der Waals surface area contributed by atoms with Gasteiger partial charge < -0.3 is 15.4 Å². The molecule has 1 atom stereocenters. The normalized spacial score (nSPS) is 11.3. The summed E-state index contributed by atoms with van der Waals surface area (Å²) in [5, 5.41) is 0. The Morgan fingerprint density at radius 2 is 1.94 bits per heavy atom. The molecule has 0 bridgehead atoms. The molecule has 0 aliphatic carbocycles. The zero-order valence-electron chi connectivity index (χ0n) is 11.1. The maximum absolute atomic E-state index is 11.5. The topological polar surface area (TPSA) is 55.6 Å². The van der Waals surface area contributed by atoms with E-state index in [0.717, 1.165) is 5.75 Å². The summed E-state index contributed by atoms with van der Waals surface area (Å²) < 4.78 is 5.53. The molecule has 5 heteroatoms. The van der Waals surface area contributed by atoms with Crippen molar-refractivity contribution in [1.82, 2.24) is 4.90 Å². The van der Waals surface area contributed by atoms with Gasteiger partial charge in [0.2, 0.25) is 5.91 Å². The maximum Gasteiger partial charge on any atom is 0.239 e. The fourth-order valence-corrected chi connectivity index (χ4v) is 1.39. The van der Waals surface area contributed by atoms with Crippen molar-refractivity contribution in [3.05, 3.63) is 29.8 Å². The molecule has 0 fully saturated rings. The van der Waals surface area contributed by atoms with Crippen molar-refractivity contribution in [2.24, 2.45) is 5.73 Å². The van der Waals surface area contributed by atoms with Crippen molar-refractivity contribution in [1.29, 1.82) is 0 Å². The number of halogens is 1. The summed E-state index contributed by atoms with van der Waals surface area (Å²) in [5.74, 6) is 0.745. The van der Waals surface area contributed by atoms with E-state index in [0.29, 0.717) is 13.2 Å². The van der Waals surface area contributed by atoms with Gasteiger partial charge in [-0.05, 0) is 26.0 Å². The summed E-state index contributed by atoms with van der Waals surface area (Å²) in [7, 11) is 1.73. The molecule has 0 radical (unpaired) electrons. The van der Waals surface area contributed by atoms with Crippen LogP contribution in [0.25, 0.3) is 0 Å². The zero-order chi connectivity index (χ0) is 12.8. The zero-order valence-corrected chi connectivity index (χ0v) is 11.9. The number of rotatable bonds is 5. The number of amides is 1. The summed E-state index contributed by atoms with van der Waals surface area (Å²) in [6.07, 6.45) is 0. The number of carbonyl (C=O) groups is 1. The Morgan fingerprint density at radius 1 is 1.39 bits per heavy atom. The molecule has 0 saturated carbocycles. The van der Waals surface area contributed by atoms with E-state index in [1.165, 1.54) is 5.56 Å². The van der Waals surface area contributed by atoms with Gasteiger partial charge in [0.05, 0.1) is 12.6 Å². The first-order chi connectivity index (χ1) is 8.00. The highest BCUT2D eigenvalue weighted by Crippen LogP contribution is 2.11. The van der Waals surface area contributed by atoms with Gasteiger partial charge in [0.1, 0.15) is 12.4 Å². The van der Waals surface area contributed by atoms with Crippen molar-refractivity contribution in [2.75, 3.05) is 20.2 Å². The predicted octanol–water partition coefficient (Wildman–Crippen LogP) is 1.60. The molecule has 102 valence electrons. The number of likely N-dealkylation sites (N-methyl/N-ethyl adjacent to an activating group) is 1. The van der Waals surface area contributed by atoms with E-state index in [4.69, 9.17) is 10.5 Å². The van der Waals surface area contributed by atoms with E-state index in [2.05, 4.69) is 0 Å². The minimum absolute atomic E-state index is 0. The van der Waals surface area contributed by atoms with Gasteiger partial charge in [-0.1, -0.05) is 17.7 Å². The molecule has 1 rings (SSSR count). The first-order valence-electron chi connectivity index (χ1n) is 5.70. The van der Waals surface area contributed by atoms with Crippen LogP contribution in [0.4, 0.5) is 0 Å². The molecule has 0 saturated heterocycles. The number of ether oxygens (including phenoxy) is 1. The lowest BCUT2D eigenvalue weighted by molar-refractivity contribution is -0.131. The largest absolute Gasteiger partial charge is 0.492 e. The Hall–Kier alpha value is -1.26. The third kappa shape index (κ3) is 5.38. The second-order valence-corrected chi connectivity index (χ2v) is 4.21. The second-order valence-electron chi connectivity index (χ2n) is 4.21. The molecular formula is C13H21ClN2O2. The van der Waals surface area contributed by atoms with Gasteiger partial charge in [-0.25, -0.2) is 0 Å². The van der Waals surface area contributed by atoms with Gasteiger partial charge in [0.25, 0.3) is 0 Å². The number of carbonyl (C=O) groups excluding carboxylic acids is 1. The lowest BCUT2D eigenvalue weighted by Crippen LogP contribution is -2.41. The molecule has 18 heavy (non-hydrogen) atoms. The highest BCUT2D eigenvalue weighted by molar-refractivity contribution is 5.85. The second kappa shape index (κ2) is 7.95. The molecule has 0 aliphatic heterocycles. The summed E-state index contributed by atoms with van der Waals surface area (Å²) >= 11 is 0. The maximum atomic E-state index is 11.5. The molecule has 1 aromatic carbocycles. The minimum atomic E-state index is -0.459. The highest BCUT2D eigenvalue weighted by atomic mass is 35.5. The van der Waals surface area contributed by atoms with Gasteiger partial charge in [-0.15, -0.1) is 12.4 Å². The first kappa shape index (κ1) is 16.7. The van der Waals surface area contributed by atoms with E-state index >= 15 is 0 Å². The summed E-state index contributed by atoms with van der Waals surface area (Å²) in [4.78, 5) is 13.1. The van der Waals surface area contributed by atoms with E-state index in [9.17, 15) is 4.79 Å². The lowest BCUT2D eigenvalue weighted by Gasteiger charge is -2.19. The van der Waals surface area contributed by atoms with Gasteiger partial charge in [0.15, 0.2) is 0 Å². The Bertz CT molecular complexity index is 366. The van der Waals surface area contributed by atoms with Crippen LogP contribution in [0.1, 0.15) is 12.5 Å². The van der Waals surface area contributed by atoms with Crippen molar-refractivity contribution in [3.8, 4) is 5.75 Å². The van der Waals surface area contributed by atoms with E-state index < -0.39 is 6.04 Å². The fourth-order valence-electron chi connectivity index (χ4n) is 1.39. The van der Waals surface area contributed by atoms with Crippen LogP contribution in [0.3, 0.4) is 0 Å². The highest BCUT2D eigenvalue weighted by Gasteiger charge is 2.12. The predicted molar refractivity (Wildman–Crippen MR) is 75.2 cm³/mol. The van der Waals surface area contributed by atoms with Crippen molar-refractivity contribution >= 4 is 18.3 Å². The average Bonchev–Trinajstić information content (AvgIpc) is 2.30. The van der Waals surface area contributed by atoms with Crippen LogP contribution < -0.4 is 10.5 Å². The van der Waals surface area contributed by atoms with Crippen LogP contribution in [0.2, 0.25) is 0 Å². The molecular weight excluding hydrogens is 252 g/mol. The molecule has 1 aromatic rings. The molecule has 0 spiro atoms. The van der Waals surface area contributed by atoms with Gasteiger partial charge in [0, 0.05) is 7.05 Å². The Kier molecular flexibility index (Phi) is 7.39. The molecule has 1 unspecified atom stereocenters. The van der Waals surface area contributed by atoms with Crippen LogP contribution in [0, 0.1) is 6.92 Å². The number of nitrogens with zero attached hydrogens (tertiary/aromatic N) is 1. The molecule has 2 N–H and O–H groups in total. The number of hydrogen-bond acceptors (Lipinski definition) is 3. The van der Waals surface area contributed by atoms with Crippen LogP contribution in [0.15, 0.2) is 24.3 Å². The van der Waals surface area contributed by atoms with E-state index in [1.54, 1.807) is 18.9 Å². The van der Waals surface area contributed by atoms with E-state index in [1.807, 2.05) is 31.2 Å². The molecule has 1 amide bonds. The Labute approximate surface area is 115 Å². The quantitative estimate of drug-likeness (QED) is 0.886. The van der Waals surface area contributed by atoms with Crippen LogP contribution in [-0.2, 0) is 4.79 Å². The lowest BCUT2D eigenvalue weighted by atomic mass is 10.2. The molecule has 0 aliphatic rings.